The van der Waals surface area contributed by atoms with E-state index < -0.39 is 0 Å². The Morgan fingerprint density at radius 2 is 1.83 bits per heavy atom. The van der Waals surface area contributed by atoms with Crippen LogP contribution in [0.2, 0.25) is 10.0 Å². The molecule has 0 aromatic heterocycles. The van der Waals surface area contributed by atoms with Gasteiger partial charge < -0.3 is 5.73 Å². The molecular formula is C13H12Cl3NO. The minimum absolute atomic E-state index is 0.0125. The Kier molecular flexibility index (Phi) is 4.21. The molecule has 0 heterocycles. The maximum absolute atomic E-state index is 12.1. The van der Waals surface area contributed by atoms with Gasteiger partial charge in [-0.15, -0.1) is 11.6 Å². The van der Waals surface area contributed by atoms with E-state index in [1.54, 1.807) is 18.2 Å². The van der Waals surface area contributed by atoms with Gasteiger partial charge in [-0.1, -0.05) is 29.3 Å². The van der Waals surface area contributed by atoms with Gasteiger partial charge in [-0.25, -0.2) is 0 Å². The number of halogens is 3. The SMILES string of the molecule is NC(=C(CCl)C(=O)C1CC1)c1c(Cl)cccc1Cl. The lowest BCUT2D eigenvalue weighted by atomic mass is 10.0. The summed E-state index contributed by atoms with van der Waals surface area (Å²) in [7, 11) is 0. The largest absolute Gasteiger partial charge is 0.398 e. The number of rotatable bonds is 4. The fourth-order valence-electron chi connectivity index (χ4n) is 1.77. The fourth-order valence-corrected chi connectivity index (χ4v) is 2.65. The number of hydrogen-bond donors (Lipinski definition) is 1. The van der Waals surface area contributed by atoms with Gasteiger partial charge in [0.15, 0.2) is 5.78 Å². The first-order valence-electron chi connectivity index (χ1n) is 5.59. The second kappa shape index (κ2) is 5.52. The average Bonchev–Trinajstić information content (AvgIpc) is 3.13. The quantitative estimate of drug-likeness (QED) is 0.677. The van der Waals surface area contributed by atoms with E-state index in [1.165, 1.54) is 0 Å². The Balaban J connectivity index is 2.49. The molecule has 2 N–H and O–H groups in total. The second-order valence-corrected chi connectivity index (χ2v) is 5.34. The van der Waals surface area contributed by atoms with Crippen LogP contribution in [0.5, 0.6) is 0 Å². The molecule has 5 heteroatoms. The van der Waals surface area contributed by atoms with Gasteiger partial charge in [0.05, 0.1) is 15.9 Å². The third-order valence-electron chi connectivity index (χ3n) is 2.94. The van der Waals surface area contributed by atoms with Crippen LogP contribution in [0.4, 0.5) is 0 Å². The Bertz CT molecular complexity index is 501. The monoisotopic (exact) mass is 303 g/mol. The van der Waals surface area contributed by atoms with Crippen LogP contribution in [0.3, 0.4) is 0 Å². The van der Waals surface area contributed by atoms with Gasteiger partial charge in [0.2, 0.25) is 0 Å². The van der Waals surface area contributed by atoms with E-state index in [4.69, 9.17) is 40.5 Å². The highest BCUT2D eigenvalue weighted by atomic mass is 35.5. The minimum Gasteiger partial charge on any atom is -0.398 e. The lowest BCUT2D eigenvalue weighted by molar-refractivity contribution is -0.116. The van der Waals surface area contributed by atoms with Crippen molar-refractivity contribution in [2.24, 2.45) is 11.7 Å². The van der Waals surface area contributed by atoms with Crippen molar-refractivity contribution in [3.63, 3.8) is 0 Å². The van der Waals surface area contributed by atoms with Crippen LogP contribution < -0.4 is 5.73 Å². The Labute approximate surface area is 121 Å². The van der Waals surface area contributed by atoms with Crippen molar-refractivity contribution in [2.75, 3.05) is 5.88 Å². The maximum Gasteiger partial charge on any atom is 0.165 e. The van der Waals surface area contributed by atoms with Crippen LogP contribution in [0, 0.1) is 5.92 Å². The summed E-state index contributed by atoms with van der Waals surface area (Å²) >= 11 is 18.0. The topological polar surface area (TPSA) is 43.1 Å². The Hall–Kier alpha value is -0.700. The summed E-state index contributed by atoms with van der Waals surface area (Å²) in [5.41, 5.74) is 7.22. The molecule has 1 aliphatic carbocycles. The van der Waals surface area contributed by atoms with E-state index in [9.17, 15) is 4.79 Å². The number of carbonyl (C=O) groups excluding carboxylic acids is 1. The molecule has 0 spiro atoms. The lowest BCUT2D eigenvalue weighted by Gasteiger charge is -2.11. The number of Topliss-reactive ketones (excluding diaryl/α,β-unsaturated/α-hetero) is 1. The van der Waals surface area contributed by atoms with E-state index in [0.29, 0.717) is 21.2 Å². The summed E-state index contributed by atoms with van der Waals surface area (Å²) in [6.45, 7) is 0. The third-order valence-corrected chi connectivity index (χ3v) is 3.83. The van der Waals surface area contributed by atoms with Crippen LogP contribution in [-0.2, 0) is 4.79 Å². The van der Waals surface area contributed by atoms with Gasteiger partial charge in [-0.05, 0) is 25.0 Å². The molecule has 0 aliphatic heterocycles. The molecule has 0 unspecified atom stereocenters. The van der Waals surface area contributed by atoms with Gasteiger partial charge in [0.25, 0.3) is 0 Å². The summed E-state index contributed by atoms with van der Waals surface area (Å²) < 4.78 is 0. The third kappa shape index (κ3) is 2.66. The highest BCUT2D eigenvalue weighted by Crippen LogP contribution is 2.36. The molecule has 18 heavy (non-hydrogen) atoms. The number of nitrogens with two attached hydrogens (primary N) is 1. The van der Waals surface area contributed by atoms with E-state index in [-0.39, 0.29) is 23.3 Å². The van der Waals surface area contributed by atoms with Crippen LogP contribution in [0.15, 0.2) is 23.8 Å². The normalized spacial score (nSPS) is 16.4. The maximum atomic E-state index is 12.1. The van der Waals surface area contributed by atoms with Gasteiger partial charge >= 0.3 is 0 Å². The number of allylic oxidation sites excluding steroid dienone is 1. The molecular weight excluding hydrogens is 293 g/mol. The standard InChI is InChI=1S/C13H12Cl3NO/c14-6-8(13(18)7-4-5-7)12(17)11-9(15)2-1-3-10(11)16/h1-3,7H,4-6,17H2. The number of carbonyl (C=O) groups is 1. The molecule has 0 atom stereocenters. The first-order chi connectivity index (χ1) is 8.56. The highest BCUT2D eigenvalue weighted by Gasteiger charge is 2.33. The molecule has 1 aliphatic rings. The summed E-state index contributed by atoms with van der Waals surface area (Å²) in [6.07, 6.45) is 1.81. The minimum atomic E-state index is 0.0125. The van der Waals surface area contributed by atoms with E-state index in [1.807, 2.05) is 0 Å². The predicted molar refractivity (Wildman–Crippen MR) is 76.0 cm³/mol. The predicted octanol–water partition coefficient (Wildman–Crippen LogP) is 3.88. The zero-order valence-corrected chi connectivity index (χ0v) is 11.8. The van der Waals surface area contributed by atoms with Gasteiger partial charge in [-0.2, -0.15) is 0 Å². The molecule has 96 valence electrons. The van der Waals surface area contributed by atoms with Crippen LogP contribution >= 0.6 is 34.8 Å². The molecule has 0 amide bonds. The number of benzene rings is 1. The van der Waals surface area contributed by atoms with Crippen molar-refractivity contribution in [2.45, 2.75) is 12.8 Å². The average molecular weight is 305 g/mol. The molecule has 1 aromatic rings. The Morgan fingerprint density at radius 3 is 2.28 bits per heavy atom. The first-order valence-corrected chi connectivity index (χ1v) is 6.88. The second-order valence-electron chi connectivity index (χ2n) is 4.26. The van der Waals surface area contributed by atoms with Gasteiger partial charge in [-0.3, -0.25) is 4.79 Å². The first kappa shape index (κ1) is 13.7. The number of hydrogen-bond acceptors (Lipinski definition) is 2. The Morgan fingerprint density at radius 1 is 1.28 bits per heavy atom. The smallest absolute Gasteiger partial charge is 0.165 e. The summed E-state index contributed by atoms with van der Waals surface area (Å²) in [6, 6.07) is 5.09. The molecule has 0 saturated heterocycles. The summed E-state index contributed by atoms with van der Waals surface area (Å²) in [4.78, 5) is 12.1. The van der Waals surface area contributed by atoms with Gasteiger partial charge in [0.1, 0.15) is 0 Å². The van der Waals surface area contributed by atoms with Crippen molar-refractivity contribution < 1.29 is 4.79 Å². The van der Waals surface area contributed by atoms with Crippen molar-refractivity contribution >= 4 is 46.3 Å². The van der Waals surface area contributed by atoms with E-state index in [2.05, 4.69) is 0 Å². The van der Waals surface area contributed by atoms with Crippen LogP contribution in [-0.4, -0.2) is 11.7 Å². The molecule has 0 bridgehead atoms. The van der Waals surface area contributed by atoms with Crippen LogP contribution in [0.1, 0.15) is 18.4 Å². The van der Waals surface area contributed by atoms with E-state index in [0.717, 1.165) is 12.8 Å². The fraction of sp³-hybridized carbons (Fsp3) is 0.308. The number of ketones is 1. The van der Waals surface area contributed by atoms with Crippen molar-refractivity contribution in [1.82, 2.24) is 0 Å². The molecule has 1 saturated carbocycles. The molecule has 1 aromatic carbocycles. The van der Waals surface area contributed by atoms with Crippen molar-refractivity contribution in [3.8, 4) is 0 Å². The van der Waals surface area contributed by atoms with Crippen molar-refractivity contribution in [3.05, 3.63) is 39.4 Å². The summed E-state index contributed by atoms with van der Waals surface area (Å²) in [5.74, 6) is 0.153. The molecule has 1 fully saturated rings. The van der Waals surface area contributed by atoms with Crippen LogP contribution in [0.25, 0.3) is 5.70 Å². The molecule has 2 nitrogen and oxygen atoms in total. The zero-order chi connectivity index (χ0) is 13.3. The highest BCUT2D eigenvalue weighted by molar-refractivity contribution is 6.38. The zero-order valence-electron chi connectivity index (χ0n) is 9.55. The van der Waals surface area contributed by atoms with E-state index >= 15 is 0 Å². The molecule has 0 radical (unpaired) electrons. The number of alkyl halides is 1. The van der Waals surface area contributed by atoms with Gasteiger partial charge in [0, 0.05) is 22.8 Å². The van der Waals surface area contributed by atoms with Crippen molar-refractivity contribution in [1.29, 1.82) is 0 Å². The summed E-state index contributed by atoms with van der Waals surface area (Å²) in [5, 5.41) is 0.845. The lowest BCUT2D eigenvalue weighted by Crippen LogP contribution is -2.14. The molecule has 2 rings (SSSR count).